The van der Waals surface area contributed by atoms with Gasteiger partial charge in [-0.3, -0.25) is 0 Å². The largest absolute Gasteiger partial charge is 0.491 e. The van der Waals surface area contributed by atoms with Gasteiger partial charge in [0.25, 0.3) is 0 Å². The van der Waals surface area contributed by atoms with E-state index >= 15 is 0 Å². The summed E-state index contributed by atoms with van der Waals surface area (Å²) in [5, 5.41) is 0. The van der Waals surface area contributed by atoms with Gasteiger partial charge >= 0.3 is 0 Å². The van der Waals surface area contributed by atoms with Crippen LogP contribution in [0.15, 0.2) is 42.5 Å². The van der Waals surface area contributed by atoms with Gasteiger partial charge < -0.3 is 15.0 Å². The number of nitrogens with zero attached hydrogens (tertiary/aromatic N) is 2. The van der Waals surface area contributed by atoms with Gasteiger partial charge in [0.05, 0.1) is 17.1 Å². The molecule has 3 aromatic rings. The molecule has 0 amide bonds. The Labute approximate surface area is 130 Å². The molecular weight excluding hydrogens is 274 g/mol. The summed E-state index contributed by atoms with van der Waals surface area (Å²) >= 11 is 0. The Morgan fingerprint density at radius 3 is 2.68 bits per heavy atom. The van der Waals surface area contributed by atoms with Gasteiger partial charge in [-0.1, -0.05) is 12.1 Å². The molecule has 0 saturated heterocycles. The van der Waals surface area contributed by atoms with Crippen molar-refractivity contribution in [3.63, 3.8) is 0 Å². The number of aromatic nitrogens is 2. The Morgan fingerprint density at radius 1 is 1.18 bits per heavy atom. The van der Waals surface area contributed by atoms with Crippen LogP contribution in [0, 0.1) is 0 Å². The molecule has 2 aromatic carbocycles. The Morgan fingerprint density at radius 2 is 2.00 bits per heavy atom. The molecule has 0 unspecified atom stereocenters. The molecule has 4 heteroatoms. The minimum Gasteiger partial charge on any atom is -0.491 e. The maximum absolute atomic E-state index is 5.90. The molecule has 0 spiro atoms. The van der Waals surface area contributed by atoms with Crippen LogP contribution in [0.5, 0.6) is 5.75 Å². The first-order chi connectivity index (χ1) is 10.6. The van der Waals surface area contributed by atoms with Crippen molar-refractivity contribution in [2.75, 3.05) is 5.73 Å². The average molecular weight is 295 g/mol. The molecular formula is C18H21N3O. The molecule has 0 aliphatic carbocycles. The zero-order chi connectivity index (χ0) is 15.7. The van der Waals surface area contributed by atoms with Crippen molar-refractivity contribution in [1.82, 2.24) is 9.55 Å². The number of hydrogen-bond donors (Lipinski definition) is 1. The number of nitrogen functional groups attached to an aromatic ring is 1. The summed E-state index contributed by atoms with van der Waals surface area (Å²) in [4.78, 5) is 4.79. The second-order valence-corrected chi connectivity index (χ2v) is 5.62. The number of anilines is 1. The van der Waals surface area contributed by atoms with Crippen molar-refractivity contribution in [3.05, 3.63) is 42.5 Å². The van der Waals surface area contributed by atoms with Crippen molar-refractivity contribution < 1.29 is 4.74 Å². The van der Waals surface area contributed by atoms with Crippen molar-refractivity contribution in [1.29, 1.82) is 0 Å². The van der Waals surface area contributed by atoms with Crippen LogP contribution in [0.3, 0.4) is 0 Å². The summed E-state index contributed by atoms with van der Waals surface area (Å²) in [5.74, 6) is 1.79. The number of hydrogen-bond acceptors (Lipinski definition) is 3. The second-order valence-electron chi connectivity index (χ2n) is 5.62. The SMILES string of the molecule is CCn1c(-c2cccc(N)c2)nc2cc(OC(C)C)ccc21. The van der Waals surface area contributed by atoms with E-state index in [4.69, 9.17) is 15.5 Å². The number of rotatable bonds is 4. The van der Waals surface area contributed by atoms with Gasteiger partial charge in [0.2, 0.25) is 0 Å². The van der Waals surface area contributed by atoms with Gasteiger partial charge in [-0.2, -0.15) is 0 Å². The van der Waals surface area contributed by atoms with Crippen LogP contribution in [0.25, 0.3) is 22.4 Å². The van der Waals surface area contributed by atoms with Gasteiger partial charge in [-0.25, -0.2) is 4.98 Å². The first-order valence-corrected chi connectivity index (χ1v) is 7.61. The molecule has 3 rings (SSSR count). The maximum atomic E-state index is 5.90. The molecule has 0 radical (unpaired) electrons. The minimum atomic E-state index is 0.152. The van der Waals surface area contributed by atoms with E-state index in [0.29, 0.717) is 0 Å². The molecule has 0 saturated carbocycles. The molecule has 1 aromatic heterocycles. The lowest BCUT2D eigenvalue weighted by Crippen LogP contribution is -2.05. The first-order valence-electron chi connectivity index (χ1n) is 7.61. The zero-order valence-corrected chi connectivity index (χ0v) is 13.2. The van der Waals surface area contributed by atoms with Crippen LogP contribution < -0.4 is 10.5 Å². The van der Waals surface area contributed by atoms with Gasteiger partial charge in [0.1, 0.15) is 11.6 Å². The van der Waals surface area contributed by atoms with Gasteiger partial charge in [-0.15, -0.1) is 0 Å². The molecule has 114 valence electrons. The fourth-order valence-electron chi connectivity index (χ4n) is 2.67. The predicted molar refractivity (Wildman–Crippen MR) is 91.0 cm³/mol. The molecule has 2 N–H and O–H groups in total. The minimum absolute atomic E-state index is 0.152. The molecule has 4 nitrogen and oxygen atoms in total. The number of imidazole rings is 1. The van der Waals surface area contributed by atoms with Crippen LogP contribution in [-0.2, 0) is 6.54 Å². The molecule has 22 heavy (non-hydrogen) atoms. The van der Waals surface area contributed by atoms with Crippen LogP contribution >= 0.6 is 0 Å². The lowest BCUT2D eigenvalue weighted by molar-refractivity contribution is 0.242. The Bertz CT molecular complexity index is 805. The Hall–Kier alpha value is -2.49. The second kappa shape index (κ2) is 5.72. The number of benzene rings is 2. The van der Waals surface area contributed by atoms with E-state index in [2.05, 4.69) is 17.6 Å². The van der Waals surface area contributed by atoms with E-state index in [1.807, 2.05) is 50.2 Å². The summed E-state index contributed by atoms with van der Waals surface area (Å²) in [6.45, 7) is 7.01. The lowest BCUT2D eigenvalue weighted by Gasteiger charge is -2.09. The van der Waals surface area contributed by atoms with E-state index in [1.165, 1.54) is 0 Å². The molecule has 1 heterocycles. The summed E-state index contributed by atoms with van der Waals surface area (Å²) in [7, 11) is 0. The van der Waals surface area contributed by atoms with Crippen LogP contribution in [0.1, 0.15) is 20.8 Å². The highest BCUT2D eigenvalue weighted by molar-refractivity contribution is 5.82. The third-order valence-corrected chi connectivity index (χ3v) is 3.55. The zero-order valence-electron chi connectivity index (χ0n) is 13.2. The molecule has 0 aliphatic rings. The monoisotopic (exact) mass is 295 g/mol. The Kier molecular flexibility index (Phi) is 3.75. The lowest BCUT2D eigenvalue weighted by atomic mass is 10.2. The summed E-state index contributed by atoms with van der Waals surface area (Å²) in [5.41, 5.74) is 9.73. The van der Waals surface area contributed by atoms with Crippen molar-refractivity contribution in [3.8, 4) is 17.1 Å². The predicted octanol–water partition coefficient (Wildman–Crippen LogP) is 4.09. The van der Waals surface area contributed by atoms with E-state index in [0.717, 1.165) is 40.4 Å². The number of fused-ring (bicyclic) bond motifs is 1. The summed E-state index contributed by atoms with van der Waals surface area (Å²) < 4.78 is 7.96. The van der Waals surface area contributed by atoms with Gasteiger partial charge in [0, 0.05) is 23.9 Å². The van der Waals surface area contributed by atoms with Crippen LogP contribution in [0.2, 0.25) is 0 Å². The number of aryl methyl sites for hydroxylation is 1. The third-order valence-electron chi connectivity index (χ3n) is 3.55. The first kappa shape index (κ1) is 14.4. The average Bonchev–Trinajstić information content (AvgIpc) is 2.84. The van der Waals surface area contributed by atoms with Crippen molar-refractivity contribution >= 4 is 16.7 Å². The summed E-state index contributed by atoms with van der Waals surface area (Å²) in [6, 6.07) is 13.9. The highest BCUT2D eigenvalue weighted by atomic mass is 16.5. The van der Waals surface area contributed by atoms with Gasteiger partial charge in [-0.05, 0) is 45.0 Å². The molecule has 0 atom stereocenters. The van der Waals surface area contributed by atoms with Crippen molar-refractivity contribution in [2.45, 2.75) is 33.4 Å². The molecule has 0 bridgehead atoms. The van der Waals surface area contributed by atoms with E-state index in [9.17, 15) is 0 Å². The van der Waals surface area contributed by atoms with Gasteiger partial charge in [0.15, 0.2) is 0 Å². The summed E-state index contributed by atoms with van der Waals surface area (Å²) in [6.07, 6.45) is 0.152. The topological polar surface area (TPSA) is 53.1 Å². The standard InChI is InChI=1S/C18H21N3O/c1-4-21-17-9-8-15(22-12(2)3)11-16(17)20-18(21)13-6-5-7-14(19)10-13/h5-12H,4,19H2,1-3H3. The fourth-order valence-corrected chi connectivity index (χ4v) is 2.67. The highest BCUT2D eigenvalue weighted by Crippen LogP contribution is 2.28. The molecule has 0 fully saturated rings. The van der Waals surface area contributed by atoms with Crippen LogP contribution in [-0.4, -0.2) is 15.7 Å². The molecule has 0 aliphatic heterocycles. The Balaban J connectivity index is 2.14. The third kappa shape index (κ3) is 2.64. The van der Waals surface area contributed by atoms with E-state index < -0.39 is 0 Å². The van der Waals surface area contributed by atoms with Crippen LogP contribution in [0.4, 0.5) is 5.69 Å². The highest BCUT2D eigenvalue weighted by Gasteiger charge is 2.12. The maximum Gasteiger partial charge on any atom is 0.141 e. The van der Waals surface area contributed by atoms with Crippen molar-refractivity contribution in [2.24, 2.45) is 0 Å². The number of ether oxygens (including phenoxy) is 1. The quantitative estimate of drug-likeness (QED) is 0.737. The fraction of sp³-hybridized carbons (Fsp3) is 0.278. The van der Waals surface area contributed by atoms with E-state index in [-0.39, 0.29) is 6.10 Å². The van der Waals surface area contributed by atoms with E-state index in [1.54, 1.807) is 0 Å². The number of nitrogens with two attached hydrogens (primary N) is 1. The smallest absolute Gasteiger partial charge is 0.141 e. The normalized spacial score (nSPS) is 11.3.